The molecule has 1 unspecified atom stereocenters. The van der Waals surface area contributed by atoms with Gasteiger partial charge in [0.25, 0.3) is 0 Å². The lowest BCUT2D eigenvalue weighted by Gasteiger charge is -2.27. The number of primary amides is 1. The molecule has 0 saturated carbocycles. The second kappa shape index (κ2) is 13.0. The van der Waals surface area contributed by atoms with Gasteiger partial charge in [0.1, 0.15) is 17.3 Å². The fourth-order valence-corrected chi connectivity index (χ4v) is 5.29. The molecule has 1 aliphatic heterocycles. The molecule has 3 N–H and O–H groups in total. The first-order chi connectivity index (χ1) is 19.3. The molecule has 1 heterocycles. The minimum absolute atomic E-state index is 0.0905. The highest BCUT2D eigenvalue weighted by atomic mass is 19.1. The topological polar surface area (TPSA) is 93.9 Å². The molecule has 7 nitrogen and oxygen atoms in total. The number of hydrogen-bond acceptors (Lipinski definition) is 5. The van der Waals surface area contributed by atoms with Crippen LogP contribution in [0.3, 0.4) is 0 Å². The van der Waals surface area contributed by atoms with E-state index in [2.05, 4.69) is 12.2 Å². The fraction of sp³-hybridized carbons (Fsp3) is 0.375. The highest BCUT2D eigenvalue weighted by Gasteiger charge is 2.41. The molecule has 8 heteroatoms. The molecule has 3 aromatic carbocycles. The molecule has 1 saturated heterocycles. The molecule has 2 amide bonds. The van der Waals surface area contributed by atoms with Crippen molar-refractivity contribution in [2.24, 2.45) is 11.1 Å². The molecule has 212 valence electrons. The number of amides is 2. The maximum Gasteiger partial charge on any atom is 0.248 e. The first-order valence-electron chi connectivity index (χ1n) is 13.9. The van der Waals surface area contributed by atoms with Gasteiger partial charge in [0.05, 0.1) is 18.8 Å². The van der Waals surface area contributed by atoms with Crippen LogP contribution in [0.4, 0.5) is 10.1 Å². The van der Waals surface area contributed by atoms with Crippen LogP contribution in [-0.4, -0.2) is 38.1 Å². The lowest BCUT2D eigenvalue weighted by molar-refractivity contribution is -0.117. The highest BCUT2D eigenvalue weighted by Crippen LogP contribution is 2.41. The van der Waals surface area contributed by atoms with Crippen molar-refractivity contribution in [3.05, 3.63) is 77.6 Å². The zero-order chi connectivity index (χ0) is 28.7. The number of nitrogens with two attached hydrogens (primary N) is 1. The quantitative estimate of drug-likeness (QED) is 0.268. The number of ether oxygens (including phenoxy) is 2. The number of anilines is 1. The van der Waals surface area contributed by atoms with Gasteiger partial charge in [0, 0.05) is 30.8 Å². The molecule has 0 bridgehead atoms. The monoisotopic (exact) mass is 547 g/mol. The molecule has 0 radical (unpaired) electrons. The van der Waals surface area contributed by atoms with Gasteiger partial charge in [-0.2, -0.15) is 0 Å². The standard InChI is InChI=1S/C32H38FN3O4/c1-4-32(19-29(37)36(21-32)26-13-9-24(10-14-26)31(34)38)15-16-35-20-22-17-27(39-5-2)30(28(18-22)40-6-3)23-7-11-25(33)12-8-23/h7-14,17-18,35H,4-6,15-16,19-21H2,1-3H3,(H2,34,38). The van der Waals surface area contributed by atoms with Gasteiger partial charge in [-0.25, -0.2) is 4.39 Å². The predicted molar refractivity (Wildman–Crippen MR) is 155 cm³/mol. The van der Waals surface area contributed by atoms with Crippen molar-refractivity contribution >= 4 is 17.5 Å². The lowest BCUT2D eigenvalue weighted by atomic mass is 9.81. The lowest BCUT2D eigenvalue weighted by Crippen LogP contribution is -2.31. The van der Waals surface area contributed by atoms with Crippen LogP contribution in [0.1, 0.15) is 56.0 Å². The summed E-state index contributed by atoms with van der Waals surface area (Å²) in [4.78, 5) is 26.2. The summed E-state index contributed by atoms with van der Waals surface area (Å²) in [5, 5.41) is 3.54. The van der Waals surface area contributed by atoms with Crippen molar-refractivity contribution in [2.75, 3.05) is 31.2 Å². The third kappa shape index (κ3) is 6.62. The van der Waals surface area contributed by atoms with Crippen molar-refractivity contribution in [2.45, 2.75) is 46.6 Å². The van der Waals surface area contributed by atoms with Gasteiger partial charge in [-0.15, -0.1) is 0 Å². The molecule has 40 heavy (non-hydrogen) atoms. The average Bonchev–Trinajstić information content (AvgIpc) is 3.29. The van der Waals surface area contributed by atoms with Crippen molar-refractivity contribution in [3.8, 4) is 22.6 Å². The summed E-state index contributed by atoms with van der Waals surface area (Å²) >= 11 is 0. The third-order valence-electron chi connectivity index (χ3n) is 7.55. The fourth-order valence-electron chi connectivity index (χ4n) is 5.29. The van der Waals surface area contributed by atoms with Crippen LogP contribution >= 0.6 is 0 Å². The number of hydrogen-bond donors (Lipinski definition) is 2. The second-order valence-electron chi connectivity index (χ2n) is 10.2. The number of rotatable bonds is 13. The van der Waals surface area contributed by atoms with E-state index in [1.54, 1.807) is 36.4 Å². The molecular weight excluding hydrogens is 509 g/mol. The Kier molecular flexibility index (Phi) is 9.42. The normalized spacial score (nSPS) is 16.8. The zero-order valence-corrected chi connectivity index (χ0v) is 23.5. The van der Waals surface area contributed by atoms with Crippen molar-refractivity contribution in [1.82, 2.24) is 5.32 Å². The van der Waals surface area contributed by atoms with Gasteiger partial charge in [0.2, 0.25) is 11.8 Å². The zero-order valence-electron chi connectivity index (χ0n) is 23.5. The van der Waals surface area contributed by atoms with Crippen LogP contribution in [0.25, 0.3) is 11.1 Å². The summed E-state index contributed by atoms with van der Waals surface area (Å²) in [6.45, 7) is 8.96. The maximum absolute atomic E-state index is 13.6. The second-order valence-corrected chi connectivity index (χ2v) is 10.2. The molecule has 1 atom stereocenters. The van der Waals surface area contributed by atoms with E-state index < -0.39 is 5.91 Å². The van der Waals surface area contributed by atoms with Gasteiger partial charge in [0.15, 0.2) is 0 Å². The maximum atomic E-state index is 13.6. The van der Waals surface area contributed by atoms with Crippen molar-refractivity contribution in [3.63, 3.8) is 0 Å². The summed E-state index contributed by atoms with van der Waals surface area (Å²) < 4.78 is 25.5. The Balaban J connectivity index is 1.44. The van der Waals surface area contributed by atoms with Gasteiger partial charge < -0.3 is 25.4 Å². The Bertz CT molecular complexity index is 1300. The van der Waals surface area contributed by atoms with E-state index in [0.717, 1.165) is 41.8 Å². The van der Waals surface area contributed by atoms with Crippen molar-refractivity contribution in [1.29, 1.82) is 0 Å². The largest absolute Gasteiger partial charge is 0.493 e. The summed E-state index contributed by atoms with van der Waals surface area (Å²) in [5.74, 6) is 0.703. The van der Waals surface area contributed by atoms with Crippen LogP contribution < -0.4 is 25.4 Å². The smallest absolute Gasteiger partial charge is 0.248 e. The van der Waals surface area contributed by atoms with Crippen LogP contribution in [0.5, 0.6) is 11.5 Å². The summed E-state index contributed by atoms with van der Waals surface area (Å²) in [6.07, 6.45) is 2.21. The van der Waals surface area contributed by atoms with Crippen LogP contribution in [0.2, 0.25) is 0 Å². The minimum atomic E-state index is -0.486. The van der Waals surface area contributed by atoms with E-state index in [9.17, 15) is 14.0 Å². The van der Waals surface area contributed by atoms with Crippen LogP contribution in [0, 0.1) is 11.2 Å². The Morgan fingerprint density at radius 2 is 1.62 bits per heavy atom. The van der Waals surface area contributed by atoms with Crippen molar-refractivity contribution < 1.29 is 23.5 Å². The average molecular weight is 548 g/mol. The molecule has 4 rings (SSSR count). The Morgan fingerprint density at radius 1 is 1.00 bits per heavy atom. The highest BCUT2D eigenvalue weighted by molar-refractivity contribution is 5.97. The van der Waals surface area contributed by atoms with Gasteiger partial charge in [-0.3, -0.25) is 9.59 Å². The Labute approximate surface area is 235 Å². The number of nitrogens with one attached hydrogen (secondary N) is 1. The predicted octanol–water partition coefficient (Wildman–Crippen LogP) is 5.70. The van der Waals surface area contributed by atoms with E-state index in [4.69, 9.17) is 15.2 Å². The van der Waals surface area contributed by atoms with Gasteiger partial charge >= 0.3 is 0 Å². The Hall–Kier alpha value is -3.91. The number of nitrogens with zero attached hydrogens (tertiary/aromatic N) is 1. The number of halogens is 1. The SMILES string of the molecule is CCOc1cc(CNCCC2(CC)CC(=O)N(c3ccc(C(N)=O)cc3)C2)cc(OCC)c1-c1ccc(F)cc1. The number of carbonyl (C=O) groups excluding carboxylic acids is 2. The molecule has 1 fully saturated rings. The van der Waals surface area contributed by atoms with Gasteiger partial charge in [-0.05, 0) is 98.3 Å². The minimum Gasteiger partial charge on any atom is -0.493 e. The molecule has 3 aromatic rings. The van der Waals surface area contributed by atoms with E-state index in [1.807, 2.05) is 30.9 Å². The molecular formula is C32H38FN3O4. The summed E-state index contributed by atoms with van der Waals surface area (Å²) in [7, 11) is 0. The van der Waals surface area contributed by atoms with Gasteiger partial charge in [-0.1, -0.05) is 19.1 Å². The van der Waals surface area contributed by atoms with E-state index >= 15 is 0 Å². The van der Waals surface area contributed by atoms with Crippen LogP contribution in [-0.2, 0) is 11.3 Å². The first kappa shape index (κ1) is 29.1. The third-order valence-corrected chi connectivity index (χ3v) is 7.55. The number of carbonyl (C=O) groups is 2. The van der Waals surface area contributed by atoms with E-state index in [-0.39, 0.29) is 17.1 Å². The molecule has 0 aliphatic carbocycles. The number of benzene rings is 3. The molecule has 0 spiro atoms. The molecule has 0 aromatic heterocycles. The summed E-state index contributed by atoms with van der Waals surface area (Å²) in [6, 6.07) is 17.2. The van der Waals surface area contributed by atoms with Crippen LogP contribution in [0.15, 0.2) is 60.7 Å². The molecule has 1 aliphatic rings. The van der Waals surface area contributed by atoms with E-state index in [0.29, 0.717) is 49.8 Å². The first-order valence-corrected chi connectivity index (χ1v) is 13.9. The Morgan fingerprint density at radius 3 is 2.17 bits per heavy atom. The van der Waals surface area contributed by atoms with E-state index in [1.165, 1.54) is 12.1 Å². The summed E-state index contributed by atoms with van der Waals surface area (Å²) in [5.41, 5.74) is 9.08.